The molecule has 10 atom stereocenters. The highest BCUT2D eigenvalue weighted by Crippen LogP contribution is 2.65. The minimum Gasteiger partial charge on any atom is -0.481 e. The Balaban J connectivity index is 1.28. The van der Waals surface area contributed by atoms with Crippen LogP contribution < -0.4 is 27.0 Å². The lowest BCUT2D eigenvalue weighted by Crippen LogP contribution is -2.65. The van der Waals surface area contributed by atoms with E-state index in [-0.39, 0.29) is 36.2 Å². The summed E-state index contributed by atoms with van der Waals surface area (Å²) < 4.78 is 27.5. The number of aryl methyl sites for hydroxylation is 1. The van der Waals surface area contributed by atoms with Crippen molar-refractivity contribution in [2.75, 3.05) is 6.54 Å². The van der Waals surface area contributed by atoms with E-state index in [1.807, 2.05) is 6.07 Å². The molecule has 3 saturated carbocycles. The molecule has 62 heavy (non-hydrogen) atoms. The summed E-state index contributed by atoms with van der Waals surface area (Å²) in [5.74, 6) is -7.35. The predicted octanol–water partition coefficient (Wildman–Crippen LogP) is 1.93. The molecule has 2 aliphatic heterocycles. The van der Waals surface area contributed by atoms with Gasteiger partial charge in [-0.3, -0.25) is 33.6 Å². The van der Waals surface area contributed by atoms with Crippen LogP contribution in [0.25, 0.3) is 0 Å². The summed E-state index contributed by atoms with van der Waals surface area (Å²) in [6.07, 6.45) is 1.79. The first-order valence-corrected chi connectivity index (χ1v) is 21.8. The molecule has 0 aromatic heterocycles. The van der Waals surface area contributed by atoms with Crippen LogP contribution in [0.15, 0.2) is 24.3 Å². The third-order valence-electron chi connectivity index (χ3n) is 13.6. The van der Waals surface area contributed by atoms with Crippen LogP contribution in [0, 0.1) is 34.9 Å². The van der Waals surface area contributed by atoms with Gasteiger partial charge in [-0.1, -0.05) is 53.7 Å². The van der Waals surface area contributed by atoms with Gasteiger partial charge in [-0.15, -0.1) is 0 Å². The van der Waals surface area contributed by atoms with Crippen LogP contribution in [-0.4, -0.2) is 118 Å². The number of rotatable bonds is 20. The molecule has 17 nitrogen and oxygen atoms in total. The summed E-state index contributed by atoms with van der Waals surface area (Å²) in [5, 5.41) is 29.1. The zero-order valence-electron chi connectivity index (χ0n) is 36.8. The number of nitrogens with two attached hydrogens (primary N) is 1. The van der Waals surface area contributed by atoms with Crippen LogP contribution in [0.3, 0.4) is 0 Å². The largest absolute Gasteiger partial charge is 0.481 e. The lowest BCUT2D eigenvalue weighted by atomic mass is 9.43. The molecule has 1 aromatic rings. The van der Waals surface area contributed by atoms with Crippen molar-refractivity contribution < 1.29 is 57.5 Å². The molecule has 2 bridgehead atoms. The molecule has 8 N–H and O–H groups in total. The van der Waals surface area contributed by atoms with Gasteiger partial charge in [0.1, 0.15) is 30.0 Å². The maximum absolute atomic E-state index is 14.4. The summed E-state index contributed by atoms with van der Waals surface area (Å²) in [6, 6.07) is 0.0426. The van der Waals surface area contributed by atoms with Crippen molar-refractivity contribution in [2.24, 2.45) is 34.8 Å². The van der Waals surface area contributed by atoms with Crippen molar-refractivity contribution in [3.63, 3.8) is 0 Å². The second kappa shape index (κ2) is 19.8. The molecular formula is C43H64BFN6O11. The van der Waals surface area contributed by atoms with Crippen LogP contribution in [0.2, 0.25) is 0 Å². The van der Waals surface area contributed by atoms with Crippen molar-refractivity contribution in [2.45, 2.75) is 154 Å². The first kappa shape index (κ1) is 48.4. The smallest absolute Gasteiger partial charge is 0.481 e. The van der Waals surface area contributed by atoms with Crippen LogP contribution in [0.1, 0.15) is 105 Å². The number of carboxylic acids is 2. The molecule has 342 valence electrons. The number of hydrogen-bond donors (Lipinski definition) is 7. The molecule has 2 heterocycles. The number of likely N-dealkylation sites (tertiary alicyclic amines) is 1. The van der Waals surface area contributed by atoms with E-state index in [2.05, 4.69) is 42.0 Å². The lowest BCUT2D eigenvalue weighted by molar-refractivity contribution is -0.199. The third-order valence-corrected chi connectivity index (χ3v) is 13.6. The van der Waals surface area contributed by atoms with Gasteiger partial charge in [-0.25, -0.2) is 4.39 Å². The van der Waals surface area contributed by atoms with E-state index in [9.17, 15) is 43.1 Å². The molecule has 5 aliphatic rings. The van der Waals surface area contributed by atoms with Crippen molar-refractivity contribution >= 4 is 48.6 Å². The molecule has 0 radical (unpaired) electrons. The second-order valence-corrected chi connectivity index (χ2v) is 19.0. The Kier molecular flexibility index (Phi) is 15.5. The standard InChI is InChI=1S/C43H64BFN6O11/c1-22(2)35(49-38(57)28(14-16-33(52)53)47-37(56)27(46)21-34(54)55)40(59)50-36(23(3)4)41(60)51-17-9-12-29(51)39(58)48-32(15-13-24-10-8-11-26(45)18-24)44-61-31-20-25-19-30(42(25,5)6)43(31,7)62-44/h8,10-11,18,22-23,25,27-32,35-36H,9,12-17,19-21,46H2,1-7H3,(H,47,56)(H,48,58)(H,49,57)(H,50,59)(H,52,53)(H,54,55)/t25-,27-,28-,29+,30-,31+,32-,35-,36-,43-/m0/s1. The molecule has 1 aromatic carbocycles. The van der Waals surface area contributed by atoms with Crippen molar-refractivity contribution in [1.29, 1.82) is 0 Å². The van der Waals surface area contributed by atoms with Gasteiger partial charge in [0.2, 0.25) is 29.5 Å². The highest BCUT2D eigenvalue weighted by molar-refractivity contribution is 6.48. The molecule has 6 rings (SSSR count). The molecule has 5 fully saturated rings. The number of carbonyl (C=O) groups excluding carboxylic acids is 5. The molecule has 0 unspecified atom stereocenters. The molecule has 19 heteroatoms. The highest BCUT2D eigenvalue weighted by atomic mass is 19.1. The van der Waals surface area contributed by atoms with E-state index in [1.165, 1.54) is 17.0 Å². The number of benzene rings is 1. The minimum absolute atomic E-state index is 0.0961. The number of carbonyl (C=O) groups is 7. The number of hydrogen-bond acceptors (Lipinski definition) is 10. The number of carboxylic acid groups (broad SMARTS) is 2. The Morgan fingerprint density at radius 2 is 1.58 bits per heavy atom. The number of nitrogens with one attached hydrogen (secondary N) is 4. The van der Waals surface area contributed by atoms with Gasteiger partial charge in [-0.2, -0.15) is 0 Å². The third kappa shape index (κ3) is 10.9. The summed E-state index contributed by atoms with van der Waals surface area (Å²) in [7, 11) is -0.771. The monoisotopic (exact) mass is 870 g/mol. The van der Waals surface area contributed by atoms with Gasteiger partial charge in [0.05, 0.1) is 30.1 Å². The topological polar surface area (TPSA) is 256 Å². The fourth-order valence-corrected chi connectivity index (χ4v) is 9.76. The maximum atomic E-state index is 14.4. The Hall–Kier alpha value is -4.62. The molecule has 3 aliphatic carbocycles. The van der Waals surface area contributed by atoms with Gasteiger partial charge >= 0.3 is 19.1 Å². The fourth-order valence-electron chi connectivity index (χ4n) is 9.76. The summed E-state index contributed by atoms with van der Waals surface area (Å²) in [6.45, 7) is 13.6. The van der Waals surface area contributed by atoms with E-state index in [0.717, 1.165) is 18.4 Å². The van der Waals surface area contributed by atoms with Gasteiger partial charge in [-0.05, 0) is 98.7 Å². The Morgan fingerprint density at radius 3 is 2.19 bits per heavy atom. The highest BCUT2D eigenvalue weighted by Gasteiger charge is 2.68. The minimum atomic E-state index is -1.52. The second-order valence-electron chi connectivity index (χ2n) is 19.0. The zero-order valence-corrected chi connectivity index (χ0v) is 36.8. The van der Waals surface area contributed by atoms with E-state index >= 15 is 0 Å². The Labute approximate surface area is 362 Å². The average Bonchev–Trinajstić information content (AvgIpc) is 3.83. The molecule has 0 spiro atoms. The predicted molar refractivity (Wildman–Crippen MR) is 224 cm³/mol. The summed E-state index contributed by atoms with van der Waals surface area (Å²) >= 11 is 0. The lowest BCUT2D eigenvalue weighted by Gasteiger charge is -2.64. The van der Waals surface area contributed by atoms with E-state index < -0.39 is 115 Å². The SMILES string of the molecule is CC(C)[C@H](NC(=O)[C@H](CCC(=O)O)NC(=O)[C@@H](N)CC(=O)O)C(=O)N[C@H](C(=O)N1CCC[C@@H]1C(=O)N[C@@H](CCc1cccc(F)c1)B1O[C@@H]2C[C@@H]3C[C@@H](C3(C)C)[C@]2(C)O1)C(C)C. The molecule has 2 saturated heterocycles. The first-order chi connectivity index (χ1) is 29.0. The zero-order chi connectivity index (χ0) is 45.8. The van der Waals surface area contributed by atoms with Gasteiger partial charge in [0, 0.05) is 13.0 Å². The van der Waals surface area contributed by atoms with Gasteiger partial charge < -0.3 is 51.4 Å². The van der Waals surface area contributed by atoms with Crippen LogP contribution >= 0.6 is 0 Å². The quantitative estimate of drug-likeness (QED) is 0.0929. The Bertz CT molecular complexity index is 1870. The number of aliphatic carboxylic acids is 2. The normalized spacial score (nSPS) is 26.0. The maximum Gasteiger partial charge on any atom is 0.481 e. The summed E-state index contributed by atoms with van der Waals surface area (Å²) in [5.41, 5.74) is 5.96. The number of halogens is 1. The van der Waals surface area contributed by atoms with E-state index in [0.29, 0.717) is 31.6 Å². The van der Waals surface area contributed by atoms with Crippen molar-refractivity contribution in [3.05, 3.63) is 35.6 Å². The average molecular weight is 871 g/mol. The molecular weight excluding hydrogens is 806 g/mol. The first-order valence-electron chi connectivity index (χ1n) is 21.8. The van der Waals surface area contributed by atoms with Crippen molar-refractivity contribution in [1.82, 2.24) is 26.2 Å². The van der Waals surface area contributed by atoms with Crippen LogP contribution in [0.4, 0.5) is 4.39 Å². The fraction of sp³-hybridized carbons (Fsp3) is 0.698. The van der Waals surface area contributed by atoms with Crippen molar-refractivity contribution in [3.8, 4) is 0 Å². The number of nitrogens with zero attached hydrogens (tertiary/aromatic N) is 1. The molecule has 5 amide bonds. The van der Waals surface area contributed by atoms with E-state index in [1.54, 1.807) is 33.8 Å². The number of amides is 5. The summed E-state index contributed by atoms with van der Waals surface area (Å²) in [4.78, 5) is 92.6. The Morgan fingerprint density at radius 1 is 0.903 bits per heavy atom. The van der Waals surface area contributed by atoms with Crippen LogP contribution in [0.5, 0.6) is 0 Å². The van der Waals surface area contributed by atoms with E-state index in [4.69, 9.17) is 20.1 Å². The van der Waals surface area contributed by atoms with Gasteiger partial charge in [0.25, 0.3) is 0 Å². The van der Waals surface area contributed by atoms with Gasteiger partial charge in [0.15, 0.2) is 0 Å². The van der Waals surface area contributed by atoms with Crippen LogP contribution in [-0.2, 0) is 49.3 Å².